The average Bonchev–Trinajstić information content (AvgIpc) is 3.46. The third-order valence-corrected chi connectivity index (χ3v) is 8.14. The monoisotopic (exact) mass is 495 g/mol. The average molecular weight is 496 g/mol. The first-order valence-electron chi connectivity index (χ1n) is 12.3. The van der Waals surface area contributed by atoms with Crippen LogP contribution < -0.4 is 4.74 Å². The number of halogens is 2. The summed E-state index contributed by atoms with van der Waals surface area (Å²) in [7, 11) is 1.68. The number of hydrogen-bond acceptors (Lipinski definition) is 3. The molecule has 1 spiro atoms. The van der Waals surface area contributed by atoms with Crippen LogP contribution in [0.2, 0.25) is 5.02 Å². The molecule has 5 nitrogen and oxygen atoms in total. The van der Waals surface area contributed by atoms with Gasteiger partial charge in [0.05, 0.1) is 36.3 Å². The van der Waals surface area contributed by atoms with Gasteiger partial charge in [-0.1, -0.05) is 24.1 Å². The summed E-state index contributed by atoms with van der Waals surface area (Å²) in [6, 6.07) is 10.6. The molecule has 2 unspecified atom stereocenters. The zero-order valence-corrected chi connectivity index (χ0v) is 21.2. The lowest BCUT2D eigenvalue weighted by Gasteiger charge is -2.45. The van der Waals surface area contributed by atoms with Crippen LogP contribution in [0.1, 0.15) is 67.8 Å². The SMILES string of the molecule is COc1cc(C2CCCC23CCCN([C@@H](C)c2cc(F)cc(Cl)c2)C3=O)ccc1-n1cnc(C)c1. The molecule has 2 fully saturated rings. The highest BCUT2D eigenvalue weighted by Crippen LogP contribution is 2.56. The molecule has 0 N–H and O–H groups in total. The summed E-state index contributed by atoms with van der Waals surface area (Å²) in [6.45, 7) is 4.60. The third-order valence-electron chi connectivity index (χ3n) is 7.92. The van der Waals surface area contributed by atoms with E-state index in [9.17, 15) is 9.18 Å². The highest BCUT2D eigenvalue weighted by Gasteiger charge is 2.53. The lowest BCUT2D eigenvalue weighted by atomic mass is 9.68. The normalized spacial score (nSPS) is 23.2. The molecule has 3 atom stereocenters. The number of carbonyl (C=O) groups is 1. The summed E-state index contributed by atoms with van der Waals surface area (Å²) < 4.78 is 21.8. The van der Waals surface area contributed by atoms with Gasteiger partial charge in [-0.2, -0.15) is 0 Å². The summed E-state index contributed by atoms with van der Waals surface area (Å²) in [5.41, 5.74) is 3.29. The second-order valence-corrected chi connectivity index (χ2v) is 10.4. The molecule has 1 aliphatic carbocycles. The van der Waals surface area contributed by atoms with Gasteiger partial charge in [-0.05, 0) is 86.9 Å². The Morgan fingerprint density at radius 2 is 2.00 bits per heavy atom. The van der Waals surface area contributed by atoms with E-state index in [-0.39, 0.29) is 23.7 Å². The summed E-state index contributed by atoms with van der Waals surface area (Å²) in [5.74, 6) is 0.684. The molecule has 0 radical (unpaired) electrons. The van der Waals surface area contributed by atoms with Gasteiger partial charge in [0.25, 0.3) is 0 Å². The smallest absolute Gasteiger partial charge is 0.229 e. The van der Waals surface area contributed by atoms with Crippen molar-refractivity contribution in [2.75, 3.05) is 13.7 Å². The summed E-state index contributed by atoms with van der Waals surface area (Å²) in [4.78, 5) is 20.4. The molecule has 1 aliphatic heterocycles. The molecule has 1 amide bonds. The van der Waals surface area contributed by atoms with Crippen LogP contribution in [0.5, 0.6) is 5.75 Å². The largest absolute Gasteiger partial charge is 0.495 e. The van der Waals surface area contributed by atoms with Gasteiger partial charge in [0.15, 0.2) is 0 Å². The Labute approximate surface area is 210 Å². The number of ether oxygens (including phenoxy) is 1. The molecule has 3 aromatic rings. The van der Waals surface area contributed by atoms with E-state index in [4.69, 9.17) is 16.3 Å². The summed E-state index contributed by atoms with van der Waals surface area (Å²) in [5, 5.41) is 0.352. The van der Waals surface area contributed by atoms with Crippen LogP contribution in [0.15, 0.2) is 48.9 Å². The Bertz CT molecular complexity index is 1240. The standard InChI is InChI=1S/C28H31ClFN3O2/c1-18-16-32(17-31-18)25-8-7-20(14-26(25)35-3)24-6-4-9-28(24)10-5-11-33(27(28)34)19(2)21-12-22(29)15-23(30)13-21/h7-8,12-17,19,24H,4-6,9-11H2,1-3H3/t19-,24?,28?/m0/s1. The van der Waals surface area contributed by atoms with Gasteiger partial charge in [-0.3, -0.25) is 4.79 Å². The number of aromatic nitrogens is 2. The molecule has 0 bridgehead atoms. The van der Waals surface area contributed by atoms with Crippen molar-refractivity contribution in [3.05, 3.63) is 76.6 Å². The molecule has 35 heavy (non-hydrogen) atoms. The number of benzene rings is 2. The van der Waals surface area contributed by atoms with Crippen molar-refractivity contribution in [1.29, 1.82) is 0 Å². The van der Waals surface area contributed by atoms with Crippen LogP contribution >= 0.6 is 11.6 Å². The molecular weight excluding hydrogens is 465 g/mol. The first-order chi connectivity index (χ1) is 16.8. The zero-order chi connectivity index (χ0) is 24.7. The van der Waals surface area contributed by atoms with Crippen molar-refractivity contribution in [2.45, 2.75) is 57.9 Å². The number of hydrogen-bond donors (Lipinski definition) is 0. The second kappa shape index (κ2) is 9.30. The Morgan fingerprint density at radius 1 is 1.20 bits per heavy atom. The maximum atomic E-state index is 14.1. The molecule has 2 aliphatic rings. The van der Waals surface area contributed by atoms with Crippen molar-refractivity contribution in [2.24, 2.45) is 5.41 Å². The molecule has 2 heterocycles. The Morgan fingerprint density at radius 3 is 2.71 bits per heavy atom. The molecule has 1 aromatic heterocycles. The minimum atomic E-state index is -0.443. The van der Waals surface area contributed by atoms with Gasteiger partial charge in [-0.25, -0.2) is 9.37 Å². The number of likely N-dealkylation sites (tertiary alicyclic amines) is 1. The predicted octanol–water partition coefficient (Wildman–Crippen LogP) is 6.62. The quantitative estimate of drug-likeness (QED) is 0.399. The van der Waals surface area contributed by atoms with Crippen LogP contribution in [0.3, 0.4) is 0 Å². The molecule has 7 heteroatoms. The fraction of sp³-hybridized carbons (Fsp3) is 0.429. The number of amides is 1. The number of carbonyl (C=O) groups excluding carboxylic acids is 1. The van der Waals surface area contributed by atoms with Gasteiger partial charge in [0, 0.05) is 17.8 Å². The van der Waals surface area contributed by atoms with Crippen LogP contribution in [0, 0.1) is 18.2 Å². The topological polar surface area (TPSA) is 47.4 Å². The van der Waals surface area contributed by atoms with Crippen LogP contribution in [0.4, 0.5) is 4.39 Å². The van der Waals surface area contributed by atoms with Crippen molar-refractivity contribution in [1.82, 2.24) is 14.5 Å². The Balaban J connectivity index is 1.47. The molecule has 184 valence electrons. The second-order valence-electron chi connectivity index (χ2n) is 9.94. The lowest BCUT2D eigenvalue weighted by Crippen LogP contribution is -2.50. The fourth-order valence-corrected chi connectivity index (χ4v) is 6.45. The van der Waals surface area contributed by atoms with Crippen molar-refractivity contribution in [3.63, 3.8) is 0 Å². The van der Waals surface area contributed by atoms with Gasteiger partial charge in [0.1, 0.15) is 11.6 Å². The molecular formula is C28H31ClFN3O2. The maximum absolute atomic E-state index is 14.1. The van der Waals surface area contributed by atoms with Crippen LogP contribution in [-0.4, -0.2) is 34.0 Å². The first-order valence-corrected chi connectivity index (χ1v) is 12.7. The van der Waals surface area contributed by atoms with Crippen LogP contribution in [-0.2, 0) is 4.79 Å². The highest BCUT2D eigenvalue weighted by molar-refractivity contribution is 6.30. The van der Waals surface area contributed by atoms with Crippen molar-refractivity contribution >= 4 is 17.5 Å². The van der Waals surface area contributed by atoms with E-state index in [0.29, 0.717) is 11.6 Å². The van der Waals surface area contributed by atoms with Gasteiger partial charge in [0.2, 0.25) is 5.91 Å². The molecule has 1 saturated carbocycles. The number of imidazole rings is 1. The Kier molecular flexibility index (Phi) is 6.34. The first kappa shape index (κ1) is 23.9. The number of aryl methyl sites for hydroxylation is 1. The van der Waals surface area contributed by atoms with E-state index in [0.717, 1.165) is 60.4 Å². The molecule has 5 rings (SSSR count). The van der Waals surface area contributed by atoms with Crippen molar-refractivity contribution < 1.29 is 13.9 Å². The Hall–Kier alpha value is -2.86. The minimum Gasteiger partial charge on any atom is -0.495 e. The zero-order valence-electron chi connectivity index (χ0n) is 20.4. The maximum Gasteiger partial charge on any atom is 0.229 e. The lowest BCUT2D eigenvalue weighted by molar-refractivity contribution is -0.149. The van der Waals surface area contributed by atoms with Gasteiger partial charge < -0.3 is 14.2 Å². The van der Waals surface area contributed by atoms with E-state index in [1.54, 1.807) is 19.5 Å². The van der Waals surface area contributed by atoms with Gasteiger partial charge >= 0.3 is 0 Å². The van der Waals surface area contributed by atoms with E-state index in [1.807, 2.05) is 29.5 Å². The fourth-order valence-electron chi connectivity index (χ4n) is 6.22. The summed E-state index contributed by atoms with van der Waals surface area (Å²) in [6.07, 6.45) is 8.40. The van der Waals surface area contributed by atoms with Gasteiger partial charge in [-0.15, -0.1) is 0 Å². The number of methoxy groups -OCH3 is 1. The number of nitrogens with zero attached hydrogens (tertiary/aromatic N) is 3. The van der Waals surface area contributed by atoms with E-state index in [2.05, 4.69) is 23.2 Å². The number of rotatable bonds is 5. The number of piperidine rings is 1. The summed E-state index contributed by atoms with van der Waals surface area (Å²) >= 11 is 6.12. The molecule has 2 aromatic carbocycles. The van der Waals surface area contributed by atoms with E-state index < -0.39 is 5.41 Å². The van der Waals surface area contributed by atoms with Crippen molar-refractivity contribution in [3.8, 4) is 11.4 Å². The highest BCUT2D eigenvalue weighted by atomic mass is 35.5. The third kappa shape index (κ3) is 4.22. The van der Waals surface area contributed by atoms with E-state index in [1.165, 1.54) is 12.1 Å². The minimum absolute atomic E-state index is 0.119. The van der Waals surface area contributed by atoms with Crippen LogP contribution in [0.25, 0.3) is 5.69 Å². The van der Waals surface area contributed by atoms with E-state index >= 15 is 0 Å². The molecule has 1 saturated heterocycles. The predicted molar refractivity (Wildman–Crippen MR) is 135 cm³/mol.